The Morgan fingerprint density at radius 1 is 1.11 bits per heavy atom. The SMILES string of the molecule is COc1ccc(F)cc1-c1cc(C=O)ccc1C. The summed E-state index contributed by atoms with van der Waals surface area (Å²) in [5.41, 5.74) is 2.97. The highest BCUT2D eigenvalue weighted by molar-refractivity contribution is 5.82. The van der Waals surface area contributed by atoms with Crippen LogP contribution in [0.3, 0.4) is 0 Å². The van der Waals surface area contributed by atoms with Gasteiger partial charge in [-0.3, -0.25) is 4.79 Å². The predicted molar refractivity (Wildman–Crippen MR) is 68.5 cm³/mol. The van der Waals surface area contributed by atoms with Gasteiger partial charge in [0.1, 0.15) is 17.9 Å². The molecule has 2 aromatic carbocycles. The summed E-state index contributed by atoms with van der Waals surface area (Å²) in [6.45, 7) is 1.91. The van der Waals surface area contributed by atoms with Crippen LogP contribution in [0.15, 0.2) is 36.4 Å². The molecule has 0 spiro atoms. The van der Waals surface area contributed by atoms with Gasteiger partial charge in [-0.15, -0.1) is 0 Å². The fraction of sp³-hybridized carbons (Fsp3) is 0.133. The van der Waals surface area contributed by atoms with Crippen molar-refractivity contribution in [1.82, 2.24) is 0 Å². The van der Waals surface area contributed by atoms with Crippen molar-refractivity contribution in [2.75, 3.05) is 7.11 Å². The van der Waals surface area contributed by atoms with E-state index in [4.69, 9.17) is 4.74 Å². The lowest BCUT2D eigenvalue weighted by atomic mass is 9.97. The van der Waals surface area contributed by atoms with Crippen LogP contribution in [0.2, 0.25) is 0 Å². The van der Waals surface area contributed by atoms with Gasteiger partial charge in [-0.1, -0.05) is 12.1 Å². The molecule has 2 rings (SSSR count). The van der Waals surface area contributed by atoms with E-state index in [9.17, 15) is 9.18 Å². The van der Waals surface area contributed by atoms with Crippen molar-refractivity contribution in [2.24, 2.45) is 0 Å². The third-order valence-electron chi connectivity index (χ3n) is 2.85. The first-order valence-corrected chi connectivity index (χ1v) is 5.55. The molecule has 0 heterocycles. The first kappa shape index (κ1) is 12.3. The molecule has 0 saturated heterocycles. The highest BCUT2D eigenvalue weighted by Crippen LogP contribution is 2.33. The van der Waals surface area contributed by atoms with E-state index in [1.807, 2.05) is 13.0 Å². The van der Waals surface area contributed by atoms with E-state index in [-0.39, 0.29) is 5.82 Å². The average Bonchev–Trinajstić information content (AvgIpc) is 2.39. The Labute approximate surface area is 105 Å². The van der Waals surface area contributed by atoms with Crippen LogP contribution in [0, 0.1) is 12.7 Å². The molecule has 18 heavy (non-hydrogen) atoms. The highest BCUT2D eigenvalue weighted by atomic mass is 19.1. The molecule has 0 fully saturated rings. The van der Waals surface area contributed by atoms with Crippen LogP contribution in [-0.2, 0) is 0 Å². The van der Waals surface area contributed by atoms with Crippen molar-refractivity contribution < 1.29 is 13.9 Å². The third kappa shape index (κ3) is 2.25. The van der Waals surface area contributed by atoms with E-state index < -0.39 is 0 Å². The van der Waals surface area contributed by atoms with Crippen molar-refractivity contribution in [3.05, 3.63) is 53.3 Å². The standard InChI is InChI=1S/C15H13FO2/c1-10-3-4-11(9-17)7-13(10)14-8-12(16)5-6-15(14)18-2/h3-9H,1-2H3. The number of halogens is 1. The number of aryl methyl sites for hydroxylation is 1. The van der Waals surface area contributed by atoms with Gasteiger partial charge in [0.05, 0.1) is 7.11 Å². The van der Waals surface area contributed by atoms with E-state index in [1.165, 1.54) is 19.2 Å². The first-order chi connectivity index (χ1) is 8.65. The Hall–Kier alpha value is -2.16. The molecule has 0 bridgehead atoms. The molecule has 0 amide bonds. The van der Waals surface area contributed by atoms with E-state index in [1.54, 1.807) is 18.2 Å². The maximum Gasteiger partial charge on any atom is 0.150 e. The Kier molecular flexibility index (Phi) is 3.42. The van der Waals surface area contributed by atoms with Gasteiger partial charge in [-0.05, 0) is 42.3 Å². The quantitative estimate of drug-likeness (QED) is 0.771. The van der Waals surface area contributed by atoms with Crippen molar-refractivity contribution >= 4 is 6.29 Å². The maximum absolute atomic E-state index is 13.4. The summed E-state index contributed by atoms with van der Waals surface area (Å²) in [6, 6.07) is 9.65. The number of rotatable bonds is 3. The number of benzene rings is 2. The van der Waals surface area contributed by atoms with E-state index in [0.29, 0.717) is 16.9 Å². The van der Waals surface area contributed by atoms with Gasteiger partial charge < -0.3 is 4.74 Å². The zero-order valence-corrected chi connectivity index (χ0v) is 10.2. The van der Waals surface area contributed by atoms with E-state index in [0.717, 1.165) is 17.4 Å². The zero-order valence-electron chi connectivity index (χ0n) is 10.2. The molecule has 0 aliphatic heterocycles. The van der Waals surface area contributed by atoms with Gasteiger partial charge in [0.15, 0.2) is 0 Å². The molecule has 0 radical (unpaired) electrons. The molecule has 0 aliphatic rings. The van der Waals surface area contributed by atoms with Crippen molar-refractivity contribution in [2.45, 2.75) is 6.92 Å². The van der Waals surface area contributed by atoms with Crippen LogP contribution in [-0.4, -0.2) is 13.4 Å². The molecular formula is C15H13FO2. The summed E-state index contributed by atoms with van der Waals surface area (Å²) in [4.78, 5) is 10.8. The van der Waals surface area contributed by atoms with Gasteiger partial charge in [-0.2, -0.15) is 0 Å². The molecule has 2 aromatic rings. The number of hydrogen-bond donors (Lipinski definition) is 0. The second-order valence-electron chi connectivity index (χ2n) is 4.04. The minimum Gasteiger partial charge on any atom is -0.496 e. The number of carbonyl (C=O) groups excluding carboxylic acids is 1. The van der Waals surface area contributed by atoms with Crippen LogP contribution in [0.4, 0.5) is 4.39 Å². The molecule has 0 unspecified atom stereocenters. The van der Waals surface area contributed by atoms with Crippen LogP contribution < -0.4 is 4.74 Å². The van der Waals surface area contributed by atoms with Gasteiger partial charge in [0.25, 0.3) is 0 Å². The Balaban J connectivity index is 2.67. The Morgan fingerprint density at radius 2 is 1.89 bits per heavy atom. The largest absolute Gasteiger partial charge is 0.496 e. The van der Waals surface area contributed by atoms with E-state index >= 15 is 0 Å². The van der Waals surface area contributed by atoms with Crippen LogP contribution in [0.5, 0.6) is 5.75 Å². The molecule has 92 valence electrons. The van der Waals surface area contributed by atoms with Crippen molar-refractivity contribution in [1.29, 1.82) is 0 Å². The maximum atomic E-state index is 13.4. The first-order valence-electron chi connectivity index (χ1n) is 5.55. The number of methoxy groups -OCH3 is 1. The molecule has 0 atom stereocenters. The molecule has 0 N–H and O–H groups in total. The van der Waals surface area contributed by atoms with E-state index in [2.05, 4.69) is 0 Å². The lowest BCUT2D eigenvalue weighted by molar-refractivity contribution is 0.112. The van der Waals surface area contributed by atoms with Crippen LogP contribution in [0.1, 0.15) is 15.9 Å². The molecule has 0 saturated carbocycles. The topological polar surface area (TPSA) is 26.3 Å². The summed E-state index contributed by atoms with van der Waals surface area (Å²) in [5.74, 6) is 0.254. The molecule has 0 aliphatic carbocycles. The number of aldehydes is 1. The average molecular weight is 244 g/mol. The second-order valence-corrected chi connectivity index (χ2v) is 4.04. The zero-order chi connectivity index (χ0) is 13.1. The summed E-state index contributed by atoms with van der Waals surface area (Å²) < 4.78 is 18.6. The second kappa shape index (κ2) is 5.00. The minimum atomic E-state index is -0.332. The predicted octanol–water partition coefficient (Wildman–Crippen LogP) is 3.62. The monoisotopic (exact) mass is 244 g/mol. The van der Waals surface area contributed by atoms with Crippen LogP contribution in [0.25, 0.3) is 11.1 Å². The fourth-order valence-corrected chi connectivity index (χ4v) is 1.89. The number of hydrogen-bond acceptors (Lipinski definition) is 2. The van der Waals surface area contributed by atoms with Crippen molar-refractivity contribution in [3.8, 4) is 16.9 Å². The smallest absolute Gasteiger partial charge is 0.150 e. The lowest BCUT2D eigenvalue weighted by Crippen LogP contribution is -1.92. The van der Waals surface area contributed by atoms with Gasteiger partial charge >= 0.3 is 0 Å². The lowest BCUT2D eigenvalue weighted by Gasteiger charge is -2.11. The van der Waals surface area contributed by atoms with Gasteiger partial charge in [0, 0.05) is 11.1 Å². The van der Waals surface area contributed by atoms with Gasteiger partial charge in [-0.25, -0.2) is 4.39 Å². The molecular weight excluding hydrogens is 231 g/mol. The van der Waals surface area contributed by atoms with Crippen LogP contribution >= 0.6 is 0 Å². The Morgan fingerprint density at radius 3 is 2.56 bits per heavy atom. The Bertz CT molecular complexity index is 591. The normalized spacial score (nSPS) is 10.2. The fourth-order valence-electron chi connectivity index (χ4n) is 1.89. The number of carbonyl (C=O) groups is 1. The summed E-state index contributed by atoms with van der Waals surface area (Å²) >= 11 is 0. The molecule has 3 heteroatoms. The van der Waals surface area contributed by atoms with Crippen molar-refractivity contribution in [3.63, 3.8) is 0 Å². The summed E-state index contributed by atoms with van der Waals surface area (Å²) in [5, 5.41) is 0. The highest BCUT2D eigenvalue weighted by Gasteiger charge is 2.10. The third-order valence-corrected chi connectivity index (χ3v) is 2.85. The molecule has 2 nitrogen and oxygen atoms in total. The van der Waals surface area contributed by atoms with Gasteiger partial charge in [0.2, 0.25) is 0 Å². The summed E-state index contributed by atoms with van der Waals surface area (Å²) in [7, 11) is 1.54. The molecule has 0 aromatic heterocycles. The minimum absolute atomic E-state index is 0.332. The summed E-state index contributed by atoms with van der Waals surface area (Å²) in [6.07, 6.45) is 0.773. The number of ether oxygens (including phenoxy) is 1.